The highest BCUT2D eigenvalue weighted by Gasteiger charge is 2.08. The molecule has 0 aliphatic rings. The van der Waals surface area contributed by atoms with Gasteiger partial charge < -0.3 is 10.6 Å². The number of amidine groups is 1. The Hall–Kier alpha value is -3.22. The van der Waals surface area contributed by atoms with Crippen molar-refractivity contribution in [2.75, 3.05) is 0 Å². The average Bonchev–Trinajstić information content (AvgIpc) is 3.00. The van der Waals surface area contributed by atoms with E-state index in [1.54, 1.807) is 48.5 Å². The molecule has 0 bridgehead atoms. The van der Waals surface area contributed by atoms with Crippen molar-refractivity contribution in [2.24, 2.45) is 10.9 Å². The smallest absolute Gasteiger partial charge is 0.365 e. The lowest BCUT2D eigenvalue weighted by Gasteiger charge is -2.01. The van der Waals surface area contributed by atoms with Crippen molar-refractivity contribution in [3.63, 3.8) is 0 Å². The zero-order valence-corrected chi connectivity index (χ0v) is 10.8. The summed E-state index contributed by atoms with van der Waals surface area (Å²) in [7, 11) is 0. The molecule has 0 atom stereocenters. The van der Waals surface area contributed by atoms with Crippen molar-refractivity contribution in [3.8, 4) is 0 Å². The number of fused-ring (bicyclic) bond motifs is 1. The van der Waals surface area contributed by atoms with Gasteiger partial charge in [0, 0.05) is 5.56 Å². The summed E-state index contributed by atoms with van der Waals surface area (Å²) in [6.45, 7) is 0. The number of hydrogen-bond acceptors (Lipinski definition) is 6. The molecule has 0 radical (unpaired) electrons. The lowest BCUT2D eigenvalue weighted by Crippen LogP contribution is -2.15. The second-order valence-electron chi connectivity index (χ2n) is 4.19. The first-order valence-corrected chi connectivity index (χ1v) is 6.06. The number of rotatable bonds is 3. The molecule has 7 heteroatoms. The van der Waals surface area contributed by atoms with Gasteiger partial charge >= 0.3 is 5.97 Å². The molecule has 0 saturated carbocycles. The van der Waals surface area contributed by atoms with Gasteiger partial charge in [-0.25, -0.2) is 9.42 Å². The van der Waals surface area contributed by atoms with Crippen LogP contribution >= 0.6 is 0 Å². The summed E-state index contributed by atoms with van der Waals surface area (Å²) in [6, 6.07) is 13.5. The van der Waals surface area contributed by atoms with Gasteiger partial charge in [-0.2, -0.15) is 0 Å². The van der Waals surface area contributed by atoms with Gasteiger partial charge in [-0.1, -0.05) is 23.4 Å². The van der Waals surface area contributed by atoms with Crippen LogP contribution in [0.3, 0.4) is 0 Å². The maximum Gasteiger partial charge on any atom is 0.365 e. The molecular weight excluding hydrogens is 272 g/mol. The fourth-order valence-electron chi connectivity index (χ4n) is 1.71. The van der Waals surface area contributed by atoms with Crippen molar-refractivity contribution >= 4 is 22.8 Å². The molecule has 0 amide bonds. The van der Waals surface area contributed by atoms with Crippen LogP contribution < -0.4 is 5.73 Å². The van der Waals surface area contributed by atoms with E-state index in [-0.39, 0.29) is 5.84 Å². The summed E-state index contributed by atoms with van der Waals surface area (Å²) >= 11 is 0. The van der Waals surface area contributed by atoms with Crippen molar-refractivity contribution in [1.29, 1.82) is 0 Å². The highest BCUT2D eigenvalue weighted by Crippen LogP contribution is 2.11. The number of hydrogen-bond donors (Lipinski definition) is 1. The quantitative estimate of drug-likeness (QED) is 0.339. The zero-order chi connectivity index (χ0) is 14.7. The molecule has 0 saturated heterocycles. The minimum atomic E-state index is -0.581. The summed E-state index contributed by atoms with van der Waals surface area (Å²) in [6.07, 6.45) is 0. The SMILES string of the molecule is N/C(=N\OC(=O)c1ccccc1)c1ccc2nonc2c1. The molecule has 0 spiro atoms. The summed E-state index contributed by atoms with van der Waals surface area (Å²) in [5.41, 5.74) is 7.87. The fourth-order valence-corrected chi connectivity index (χ4v) is 1.71. The van der Waals surface area contributed by atoms with Crippen LogP contribution in [0, 0.1) is 0 Å². The lowest BCUT2D eigenvalue weighted by molar-refractivity contribution is 0.0516. The molecule has 21 heavy (non-hydrogen) atoms. The second-order valence-corrected chi connectivity index (χ2v) is 4.19. The third-order valence-corrected chi connectivity index (χ3v) is 2.79. The van der Waals surface area contributed by atoms with Crippen LogP contribution in [-0.2, 0) is 4.84 Å². The third kappa shape index (κ3) is 2.71. The first kappa shape index (κ1) is 12.8. The van der Waals surface area contributed by atoms with Crippen LogP contribution in [0.1, 0.15) is 15.9 Å². The highest BCUT2D eigenvalue weighted by molar-refractivity contribution is 6.00. The normalized spacial score (nSPS) is 11.5. The number of benzene rings is 2. The summed E-state index contributed by atoms with van der Waals surface area (Å²) < 4.78 is 4.59. The Kier molecular flexibility index (Phi) is 3.30. The van der Waals surface area contributed by atoms with E-state index in [9.17, 15) is 4.79 Å². The van der Waals surface area contributed by atoms with Crippen LogP contribution in [0.2, 0.25) is 0 Å². The van der Waals surface area contributed by atoms with Gasteiger partial charge in [0.2, 0.25) is 0 Å². The minimum absolute atomic E-state index is 0.0594. The van der Waals surface area contributed by atoms with E-state index in [2.05, 4.69) is 20.1 Å². The monoisotopic (exact) mass is 282 g/mol. The predicted molar refractivity (Wildman–Crippen MR) is 74.4 cm³/mol. The first-order valence-electron chi connectivity index (χ1n) is 6.06. The Bertz CT molecular complexity index is 811. The minimum Gasteiger partial charge on any atom is -0.380 e. The number of aromatic nitrogens is 2. The molecule has 7 nitrogen and oxygen atoms in total. The van der Waals surface area contributed by atoms with Gasteiger partial charge in [0.05, 0.1) is 5.56 Å². The Balaban J connectivity index is 1.78. The number of nitrogens with zero attached hydrogens (tertiary/aromatic N) is 3. The van der Waals surface area contributed by atoms with E-state index >= 15 is 0 Å². The Labute approximate surface area is 119 Å². The molecule has 104 valence electrons. The maximum atomic E-state index is 11.7. The van der Waals surface area contributed by atoms with E-state index in [1.807, 2.05) is 0 Å². The number of carbonyl (C=O) groups is 1. The predicted octanol–water partition coefficient (Wildman–Crippen LogP) is 1.70. The van der Waals surface area contributed by atoms with Crippen molar-refractivity contribution < 1.29 is 14.3 Å². The number of carbonyl (C=O) groups excluding carboxylic acids is 1. The van der Waals surface area contributed by atoms with Crippen LogP contribution in [0.5, 0.6) is 0 Å². The number of nitrogens with two attached hydrogens (primary N) is 1. The maximum absolute atomic E-state index is 11.7. The van der Waals surface area contributed by atoms with E-state index in [1.165, 1.54) is 0 Å². The molecule has 0 fully saturated rings. The van der Waals surface area contributed by atoms with Gasteiger partial charge in [0.1, 0.15) is 11.0 Å². The number of oxime groups is 1. The average molecular weight is 282 g/mol. The van der Waals surface area contributed by atoms with E-state index in [0.717, 1.165) is 0 Å². The first-order chi connectivity index (χ1) is 10.2. The molecule has 1 heterocycles. The largest absolute Gasteiger partial charge is 0.380 e. The van der Waals surface area contributed by atoms with Gasteiger partial charge in [0.15, 0.2) is 5.84 Å². The Morgan fingerprint density at radius 2 is 1.81 bits per heavy atom. The molecule has 0 aliphatic carbocycles. The molecule has 3 rings (SSSR count). The van der Waals surface area contributed by atoms with Crippen LogP contribution in [0.15, 0.2) is 58.3 Å². The molecular formula is C14H10N4O3. The molecule has 0 aliphatic heterocycles. The van der Waals surface area contributed by atoms with Crippen molar-refractivity contribution in [2.45, 2.75) is 0 Å². The van der Waals surface area contributed by atoms with Crippen molar-refractivity contribution in [3.05, 3.63) is 59.7 Å². The summed E-state index contributed by atoms with van der Waals surface area (Å²) in [5, 5.41) is 11.0. The molecule has 0 unspecified atom stereocenters. The molecule has 1 aromatic heterocycles. The Morgan fingerprint density at radius 3 is 2.62 bits per heavy atom. The van der Waals surface area contributed by atoms with Crippen molar-refractivity contribution in [1.82, 2.24) is 10.3 Å². The summed E-state index contributed by atoms with van der Waals surface area (Å²) in [4.78, 5) is 16.5. The van der Waals surface area contributed by atoms with Crippen LogP contribution in [-0.4, -0.2) is 22.1 Å². The third-order valence-electron chi connectivity index (χ3n) is 2.79. The topological polar surface area (TPSA) is 104 Å². The van der Waals surface area contributed by atoms with Gasteiger partial charge in [-0.05, 0) is 40.6 Å². The Morgan fingerprint density at radius 1 is 1.05 bits per heavy atom. The van der Waals surface area contributed by atoms with E-state index < -0.39 is 5.97 Å². The molecule has 2 N–H and O–H groups in total. The van der Waals surface area contributed by atoms with E-state index in [4.69, 9.17) is 10.6 Å². The van der Waals surface area contributed by atoms with Gasteiger partial charge in [-0.3, -0.25) is 0 Å². The van der Waals surface area contributed by atoms with Gasteiger partial charge in [-0.15, -0.1) is 0 Å². The van der Waals surface area contributed by atoms with E-state index in [0.29, 0.717) is 22.2 Å². The van der Waals surface area contributed by atoms with Gasteiger partial charge in [0.25, 0.3) is 0 Å². The summed E-state index contributed by atoms with van der Waals surface area (Å²) in [5.74, 6) is -0.521. The fraction of sp³-hybridized carbons (Fsp3) is 0. The lowest BCUT2D eigenvalue weighted by atomic mass is 10.2. The molecule has 2 aromatic carbocycles. The zero-order valence-electron chi connectivity index (χ0n) is 10.8. The highest BCUT2D eigenvalue weighted by atomic mass is 16.7. The van der Waals surface area contributed by atoms with Crippen LogP contribution in [0.25, 0.3) is 11.0 Å². The second kappa shape index (κ2) is 5.41. The standard InChI is InChI=1S/C14H10N4O3/c15-13(10-6-7-11-12(8-10)17-21-16-11)18-20-14(19)9-4-2-1-3-5-9/h1-8H,(H2,15,18). The molecule has 3 aromatic rings. The van der Waals surface area contributed by atoms with Crippen LogP contribution in [0.4, 0.5) is 0 Å².